The van der Waals surface area contributed by atoms with E-state index in [2.05, 4.69) is 0 Å². The minimum atomic E-state index is -4.16. The SMILES string of the molecule is CC(=O)COc1ccc2c(c1)N(C)C(=O)N(c1ccc(Oc3ccccc3)cc1)S2(=O)=O. The number of hydrogen-bond donors (Lipinski definition) is 0. The quantitative estimate of drug-likeness (QED) is 0.556. The largest absolute Gasteiger partial charge is 0.486 e. The van der Waals surface area contributed by atoms with Crippen molar-refractivity contribution in [2.24, 2.45) is 0 Å². The molecular weight excluding hydrogens is 432 g/mol. The summed E-state index contributed by atoms with van der Waals surface area (Å²) in [7, 11) is -2.68. The summed E-state index contributed by atoms with van der Waals surface area (Å²) in [5.74, 6) is 1.26. The van der Waals surface area contributed by atoms with E-state index in [1.165, 1.54) is 49.2 Å². The third-order valence-corrected chi connectivity index (χ3v) is 6.51. The van der Waals surface area contributed by atoms with E-state index in [9.17, 15) is 18.0 Å². The van der Waals surface area contributed by atoms with Gasteiger partial charge in [0.2, 0.25) is 0 Å². The molecule has 2 amide bonds. The molecule has 0 aromatic heterocycles. The Kier molecular flexibility index (Phi) is 5.58. The van der Waals surface area contributed by atoms with Crippen LogP contribution < -0.4 is 18.7 Å². The number of sulfonamides is 1. The van der Waals surface area contributed by atoms with Crippen LogP contribution in [0.25, 0.3) is 0 Å². The lowest BCUT2D eigenvalue weighted by Crippen LogP contribution is -2.49. The van der Waals surface area contributed by atoms with Crippen molar-refractivity contribution in [3.63, 3.8) is 0 Å². The Morgan fingerprint density at radius 1 is 0.906 bits per heavy atom. The molecule has 0 atom stereocenters. The maximum atomic E-state index is 13.3. The lowest BCUT2D eigenvalue weighted by Gasteiger charge is -2.34. The standard InChI is InChI=1S/C23H20N2O6S/c1-16(26)15-30-20-12-13-22-21(14-20)24(2)23(27)25(32(22,28)29)17-8-10-19(11-9-17)31-18-6-4-3-5-7-18/h3-14H,15H2,1-2H3. The fourth-order valence-electron chi connectivity index (χ4n) is 3.22. The van der Waals surface area contributed by atoms with Crippen molar-refractivity contribution < 1.29 is 27.5 Å². The molecule has 3 aromatic carbocycles. The number of ether oxygens (including phenoxy) is 2. The van der Waals surface area contributed by atoms with Crippen molar-refractivity contribution in [2.45, 2.75) is 11.8 Å². The molecule has 9 heteroatoms. The molecule has 32 heavy (non-hydrogen) atoms. The van der Waals surface area contributed by atoms with Gasteiger partial charge >= 0.3 is 6.03 Å². The van der Waals surface area contributed by atoms with E-state index in [0.717, 1.165) is 4.31 Å². The highest BCUT2D eigenvalue weighted by Gasteiger charge is 2.41. The van der Waals surface area contributed by atoms with E-state index in [-0.39, 0.29) is 28.7 Å². The van der Waals surface area contributed by atoms with Crippen LogP contribution in [0, 0.1) is 0 Å². The molecule has 0 bridgehead atoms. The van der Waals surface area contributed by atoms with E-state index >= 15 is 0 Å². The van der Waals surface area contributed by atoms with Gasteiger partial charge in [0, 0.05) is 13.1 Å². The molecule has 0 radical (unpaired) electrons. The van der Waals surface area contributed by atoms with Gasteiger partial charge in [-0.25, -0.2) is 13.2 Å². The zero-order valence-corrected chi connectivity index (χ0v) is 18.2. The van der Waals surface area contributed by atoms with Crippen LogP contribution in [0.2, 0.25) is 0 Å². The number of nitrogens with zero attached hydrogens (tertiary/aromatic N) is 2. The molecule has 1 aliphatic heterocycles. The highest BCUT2D eigenvalue weighted by Crippen LogP contribution is 2.39. The number of fused-ring (bicyclic) bond motifs is 1. The van der Waals surface area contributed by atoms with Gasteiger partial charge in [-0.2, -0.15) is 4.31 Å². The summed E-state index contributed by atoms with van der Waals surface area (Å²) >= 11 is 0. The number of carbonyl (C=O) groups excluding carboxylic acids is 2. The summed E-state index contributed by atoms with van der Waals surface area (Å²) in [5, 5.41) is 0. The maximum Gasteiger partial charge on any atom is 0.342 e. The fourth-order valence-corrected chi connectivity index (χ4v) is 4.84. The van der Waals surface area contributed by atoms with Gasteiger partial charge in [-0.3, -0.25) is 9.69 Å². The molecule has 0 saturated carbocycles. The summed E-state index contributed by atoms with van der Waals surface area (Å²) in [4.78, 5) is 25.3. The molecule has 8 nitrogen and oxygen atoms in total. The summed E-state index contributed by atoms with van der Waals surface area (Å²) < 4.78 is 38.4. The minimum Gasteiger partial charge on any atom is -0.486 e. The van der Waals surface area contributed by atoms with Crippen LogP contribution in [0.3, 0.4) is 0 Å². The zero-order chi connectivity index (χ0) is 22.9. The Morgan fingerprint density at radius 3 is 2.19 bits per heavy atom. The highest BCUT2D eigenvalue weighted by molar-refractivity contribution is 7.94. The molecular formula is C23H20N2O6S. The van der Waals surface area contributed by atoms with Crippen molar-refractivity contribution in [3.05, 3.63) is 72.8 Å². The molecule has 3 aromatic rings. The first-order valence-electron chi connectivity index (χ1n) is 9.69. The Bertz CT molecular complexity index is 1270. The first-order valence-corrected chi connectivity index (χ1v) is 11.1. The maximum absolute atomic E-state index is 13.3. The minimum absolute atomic E-state index is 0.0422. The van der Waals surface area contributed by atoms with Crippen LogP contribution >= 0.6 is 0 Å². The summed E-state index contributed by atoms with van der Waals surface area (Å²) in [6, 6.07) is 18.9. The number of Topliss-reactive ketones (excluding diaryl/α,β-unsaturated/α-hetero) is 1. The first-order chi connectivity index (χ1) is 15.3. The zero-order valence-electron chi connectivity index (χ0n) is 17.4. The lowest BCUT2D eigenvalue weighted by atomic mass is 10.2. The van der Waals surface area contributed by atoms with Crippen LogP contribution in [0.15, 0.2) is 77.7 Å². The van der Waals surface area contributed by atoms with Crippen molar-refractivity contribution in [1.82, 2.24) is 0 Å². The normalized spacial score (nSPS) is 14.6. The fraction of sp³-hybridized carbons (Fsp3) is 0.130. The molecule has 0 saturated heterocycles. The Balaban J connectivity index is 1.65. The summed E-state index contributed by atoms with van der Waals surface area (Å²) in [5.41, 5.74) is 0.362. The number of amides is 2. The van der Waals surface area contributed by atoms with Gasteiger partial charge in [-0.1, -0.05) is 18.2 Å². The molecule has 0 unspecified atom stereocenters. The predicted molar refractivity (Wildman–Crippen MR) is 119 cm³/mol. The predicted octanol–water partition coefficient (Wildman–Crippen LogP) is 4.21. The average molecular weight is 452 g/mol. The van der Waals surface area contributed by atoms with Gasteiger partial charge in [0.25, 0.3) is 10.0 Å². The Labute approximate surface area is 185 Å². The third-order valence-electron chi connectivity index (χ3n) is 4.76. The molecule has 0 spiro atoms. The van der Waals surface area contributed by atoms with Crippen LogP contribution in [-0.2, 0) is 14.8 Å². The van der Waals surface area contributed by atoms with Crippen molar-refractivity contribution >= 4 is 33.2 Å². The average Bonchev–Trinajstić information content (AvgIpc) is 2.78. The molecule has 0 aliphatic carbocycles. The molecule has 0 N–H and O–H groups in total. The van der Waals surface area contributed by atoms with Gasteiger partial charge in [0.1, 0.15) is 28.8 Å². The second kappa shape index (κ2) is 8.35. The van der Waals surface area contributed by atoms with Gasteiger partial charge in [-0.15, -0.1) is 0 Å². The van der Waals surface area contributed by atoms with Crippen molar-refractivity contribution in [2.75, 3.05) is 22.9 Å². The number of ketones is 1. The summed E-state index contributed by atoms with van der Waals surface area (Å²) in [6.45, 7) is 1.24. The number of hydrogen-bond acceptors (Lipinski definition) is 6. The molecule has 1 aliphatic rings. The lowest BCUT2D eigenvalue weighted by molar-refractivity contribution is -0.118. The number of urea groups is 1. The number of benzene rings is 3. The van der Waals surface area contributed by atoms with E-state index in [0.29, 0.717) is 17.2 Å². The second-order valence-corrected chi connectivity index (χ2v) is 8.90. The Morgan fingerprint density at radius 2 is 1.53 bits per heavy atom. The van der Waals surface area contributed by atoms with Gasteiger partial charge in [0.05, 0.1) is 11.4 Å². The second-order valence-electron chi connectivity index (χ2n) is 7.14. The van der Waals surface area contributed by atoms with E-state index in [1.54, 1.807) is 24.3 Å². The first kappa shape index (κ1) is 21.4. The monoisotopic (exact) mass is 452 g/mol. The van der Waals surface area contributed by atoms with E-state index in [1.807, 2.05) is 18.2 Å². The third kappa shape index (κ3) is 4.02. The van der Waals surface area contributed by atoms with Gasteiger partial charge < -0.3 is 9.47 Å². The van der Waals surface area contributed by atoms with Crippen molar-refractivity contribution in [1.29, 1.82) is 0 Å². The van der Waals surface area contributed by atoms with Crippen LogP contribution in [-0.4, -0.2) is 33.9 Å². The highest BCUT2D eigenvalue weighted by atomic mass is 32.2. The smallest absolute Gasteiger partial charge is 0.342 e. The number of para-hydroxylation sites is 1. The van der Waals surface area contributed by atoms with E-state index in [4.69, 9.17) is 9.47 Å². The molecule has 4 rings (SSSR count). The summed E-state index contributed by atoms with van der Waals surface area (Å²) in [6.07, 6.45) is 0. The van der Waals surface area contributed by atoms with Crippen LogP contribution in [0.4, 0.5) is 16.2 Å². The van der Waals surface area contributed by atoms with Gasteiger partial charge in [0.15, 0.2) is 5.78 Å². The van der Waals surface area contributed by atoms with E-state index < -0.39 is 16.1 Å². The number of rotatable bonds is 6. The van der Waals surface area contributed by atoms with Crippen molar-refractivity contribution in [3.8, 4) is 17.2 Å². The molecule has 164 valence electrons. The number of anilines is 2. The molecule has 0 fully saturated rings. The van der Waals surface area contributed by atoms with Crippen LogP contribution in [0.1, 0.15) is 6.92 Å². The Hall–Kier alpha value is -3.85. The molecule has 1 heterocycles. The van der Waals surface area contributed by atoms with Crippen LogP contribution in [0.5, 0.6) is 17.2 Å². The number of carbonyl (C=O) groups is 2. The topological polar surface area (TPSA) is 93.2 Å². The van der Waals surface area contributed by atoms with Gasteiger partial charge in [-0.05, 0) is 55.5 Å².